The van der Waals surface area contributed by atoms with E-state index in [2.05, 4.69) is 151 Å². The largest absolute Gasteiger partial charge is 0.423 e. The summed E-state index contributed by atoms with van der Waals surface area (Å²) in [6.07, 6.45) is 0. The molecule has 0 radical (unpaired) electrons. The van der Waals surface area contributed by atoms with Crippen LogP contribution >= 0.6 is 0 Å². The molecule has 0 atom stereocenters. The maximum Gasteiger partial charge on any atom is 0.310 e. The van der Waals surface area contributed by atoms with E-state index in [0.717, 1.165) is 39.2 Å². The molecule has 1 aliphatic rings. The van der Waals surface area contributed by atoms with Crippen molar-refractivity contribution in [1.82, 2.24) is 9.38 Å². The highest BCUT2D eigenvalue weighted by Crippen LogP contribution is 2.50. The van der Waals surface area contributed by atoms with Crippen molar-refractivity contribution in [2.75, 3.05) is 4.90 Å². The molecule has 0 saturated heterocycles. The van der Waals surface area contributed by atoms with Gasteiger partial charge in [0.05, 0.1) is 16.4 Å². The molecule has 7 aromatic carbocycles. The van der Waals surface area contributed by atoms with Gasteiger partial charge in [-0.2, -0.15) is 4.98 Å². The van der Waals surface area contributed by atoms with E-state index in [1.54, 1.807) is 6.07 Å². The monoisotopic (exact) mass is 671 g/mol. The van der Waals surface area contributed by atoms with Crippen LogP contribution in [-0.2, 0) is 5.41 Å². The third-order valence-corrected chi connectivity index (χ3v) is 10.7. The van der Waals surface area contributed by atoms with Crippen LogP contribution in [0.1, 0.15) is 25.0 Å². The number of rotatable bonds is 5. The number of aromatic nitrogens is 2. The first kappa shape index (κ1) is 30.1. The highest BCUT2D eigenvalue weighted by atomic mass is 16.4. The van der Waals surface area contributed by atoms with E-state index in [1.807, 2.05) is 34.7 Å². The van der Waals surface area contributed by atoms with E-state index >= 15 is 0 Å². The lowest BCUT2D eigenvalue weighted by molar-refractivity contribution is 0.636. The summed E-state index contributed by atoms with van der Waals surface area (Å²) in [5.41, 5.74) is 15.0. The molecule has 10 rings (SSSR count). The number of oxazole rings is 1. The zero-order valence-electron chi connectivity index (χ0n) is 28.7. The number of benzene rings is 7. The van der Waals surface area contributed by atoms with Crippen LogP contribution in [0, 0.1) is 0 Å². The second-order valence-electron chi connectivity index (χ2n) is 14.0. The van der Waals surface area contributed by atoms with Crippen molar-refractivity contribution in [3.8, 4) is 33.4 Å². The predicted octanol–water partition coefficient (Wildman–Crippen LogP) is 11.7. The first-order valence-electron chi connectivity index (χ1n) is 17.6. The van der Waals surface area contributed by atoms with Crippen LogP contribution in [0.3, 0.4) is 0 Å². The zero-order valence-corrected chi connectivity index (χ0v) is 28.7. The van der Waals surface area contributed by atoms with Gasteiger partial charge in [0.2, 0.25) is 0 Å². The summed E-state index contributed by atoms with van der Waals surface area (Å²) in [6, 6.07) is 57.4. The lowest BCUT2D eigenvalue weighted by atomic mass is 9.82. The molecule has 0 aliphatic heterocycles. The smallest absolute Gasteiger partial charge is 0.310 e. The maximum absolute atomic E-state index is 12.7. The minimum Gasteiger partial charge on any atom is -0.423 e. The molecule has 2 aromatic heterocycles. The molecule has 52 heavy (non-hydrogen) atoms. The van der Waals surface area contributed by atoms with Crippen LogP contribution in [-0.4, -0.2) is 9.38 Å². The molecular formula is C47H33N3O2. The van der Waals surface area contributed by atoms with Gasteiger partial charge in [0.25, 0.3) is 5.56 Å². The molecule has 2 heterocycles. The Balaban J connectivity index is 1.08. The Morgan fingerprint density at radius 1 is 0.538 bits per heavy atom. The van der Waals surface area contributed by atoms with Crippen LogP contribution < -0.4 is 10.5 Å². The van der Waals surface area contributed by atoms with Gasteiger partial charge in [-0.15, -0.1) is 0 Å². The highest BCUT2D eigenvalue weighted by Gasteiger charge is 2.35. The van der Waals surface area contributed by atoms with Crippen LogP contribution in [0.25, 0.3) is 61.2 Å². The van der Waals surface area contributed by atoms with Gasteiger partial charge < -0.3 is 9.32 Å². The fraction of sp³-hybridized carbons (Fsp3) is 0.0638. The second kappa shape index (κ2) is 11.4. The quantitative estimate of drug-likeness (QED) is 0.183. The normalized spacial score (nSPS) is 13.0. The number of hydrogen-bond acceptors (Lipinski definition) is 4. The second-order valence-corrected chi connectivity index (χ2v) is 14.0. The molecule has 248 valence electrons. The molecular weight excluding hydrogens is 639 g/mol. The van der Waals surface area contributed by atoms with Crippen molar-refractivity contribution >= 4 is 44.9 Å². The summed E-state index contributed by atoms with van der Waals surface area (Å²) in [4.78, 5) is 19.3. The molecule has 0 N–H and O–H groups in total. The van der Waals surface area contributed by atoms with Gasteiger partial charge in [0, 0.05) is 22.5 Å². The van der Waals surface area contributed by atoms with E-state index in [9.17, 15) is 4.79 Å². The van der Waals surface area contributed by atoms with E-state index in [0.29, 0.717) is 16.8 Å². The molecule has 0 amide bonds. The van der Waals surface area contributed by atoms with Gasteiger partial charge in [-0.1, -0.05) is 117 Å². The highest BCUT2D eigenvalue weighted by molar-refractivity contribution is 5.90. The average Bonchev–Trinajstić information content (AvgIpc) is 3.67. The van der Waals surface area contributed by atoms with Crippen molar-refractivity contribution in [1.29, 1.82) is 0 Å². The standard InChI is InChI=1S/C47H33N3O2/c1-47(2)40-14-8-6-12-37(40)38-26-25-36(29-41(38)47)49(34-21-16-31(17-22-34)30-10-4-3-5-11-30)35-23-18-32(19-24-35)33-20-27-44-43(28-33)50-42-15-9-7-13-39(42)45(51)48-46(50)52-44/h3-29H,1-2H3. The Hall–Kier alpha value is -6.72. The summed E-state index contributed by atoms with van der Waals surface area (Å²) in [5, 5.41) is 0.563. The maximum atomic E-state index is 12.7. The van der Waals surface area contributed by atoms with Crippen molar-refractivity contribution in [2.24, 2.45) is 0 Å². The van der Waals surface area contributed by atoms with Crippen molar-refractivity contribution in [2.45, 2.75) is 19.3 Å². The van der Waals surface area contributed by atoms with Crippen molar-refractivity contribution in [3.05, 3.63) is 185 Å². The van der Waals surface area contributed by atoms with E-state index in [4.69, 9.17) is 4.42 Å². The van der Waals surface area contributed by atoms with Crippen LogP contribution in [0.4, 0.5) is 17.1 Å². The minimum atomic E-state index is -0.291. The summed E-state index contributed by atoms with van der Waals surface area (Å²) >= 11 is 0. The molecule has 5 heteroatoms. The fourth-order valence-corrected chi connectivity index (χ4v) is 8.02. The van der Waals surface area contributed by atoms with Crippen molar-refractivity contribution in [3.63, 3.8) is 0 Å². The summed E-state index contributed by atoms with van der Waals surface area (Å²) < 4.78 is 7.96. The van der Waals surface area contributed by atoms with Gasteiger partial charge in [-0.05, 0) is 105 Å². The SMILES string of the molecule is CC1(C)c2ccccc2-c2ccc(N(c3ccc(-c4ccccc4)cc3)c3ccc(-c4ccc5oc6nc(=O)c7ccccc7n6c5c4)cc3)cc21. The zero-order chi connectivity index (χ0) is 35.0. The molecule has 0 saturated carbocycles. The molecule has 9 aromatic rings. The Kier molecular flexibility index (Phi) is 6.61. The van der Waals surface area contributed by atoms with E-state index < -0.39 is 0 Å². The fourth-order valence-electron chi connectivity index (χ4n) is 8.02. The third kappa shape index (κ3) is 4.63. The van der Waals surface area contributed by atoms with E-state index in [-0.39, 0.29) is 11.0 Å². The topological polar surface area (TPSA) is 50.8 Å². The third-order valence-electron chi connectivity index (χ3n) is 10.7. The number of anilines is 3. The van der Waals surface area contributed by atoms with Crippen LogP contribution in [0.5, 0.6) is 0 Å². The lowest BCUT2D eigenvalue weighted by Crippen LogP contribution is -2.16. The molecule has 0 fully saturated rings. The Morgan fingerprint density at radius 3 is 1.90 bits per heavy atom. The molecule has 0 bridgehead atoms. The van der Waals surface area contributed by atoms with Crippen LogP contribution in [0.2, 0.25) is 0 Å². The van der Waals surface area contributed by atoms with Gasteiger partial charge in [0.15, 0.2) is 5.58 Å². The first-order chi connectivity index (χ1) is 25.4. The van der Waals surface area contributed by atoms with Crippen LogP contribution in [0.15, 0.2) is 173 Å². The molecule has 5 nitrogen and oxygen atoms in total. The molecule has 0 spiro atoms. The van der Waals surface area contributed by atoms with Gasteiger partial charge >= 0.3 is 5.84 Å². The number of fused-ring (bicyclic) bond motifs is 8. The van der Waals surface area contributed by atoms with Gasteiger partial charge in [-0.3, -0.25) is 9.20 Å². The average molecular weight is 672 g/mol. The van der Waals surface area contributed by atoms with Gasteiger partial charge in [-0.25, -0.2) is 0 Å². The van der Waals surface area contributed by atoms with E-state index in [1.165, 1.54) is 33.4 Å². The summed E-state index contributed by atoms with van der Waals surface area (Å²) in [6.45, 7) is 4.65. The molecule has 0 unspecified atom stereocenters. The van der Waals surface area contributed by atoms with Crippen molar-refractivity contribution < 1.29 is 4.42 Å². The minimum absolute atomic E-state index is 0.112. The number of para-hydroxylation sites is 1. The predicted molar refractivity (Wildman–Crippen MR) is 212 cm³/mol. The Morgan fingerprint density at radius 2 is 1.13 bits per heavy atom. The van der Waals surface area contributed by atoms with Gasteiger partial charge in [0.1, 0.15) is 0 Å². The lowest BCUT2D eigenvalue weighted by Gasteiger charge is -2.28. The first-order valence-corrected chi connectivity index (χ1v) is 17.6. The molecule has 1 aliphatic carbocycles. The number of hydrogen-bond donors (Lipinski definition) is 0. The Bertz CT molecular complexity index is 2880. The summed E-state index contributed by atoms with van der Waals surface area (Å²) in [5.74, 6) is 0.292. The number of nitrogens with zero attached hydrogens (tertiary/aromatic N) is 3. The summed E-state index contributed by atoms with van der Waals surface area (Å²) in [7, 11) is 0. The Labute approximate surface area is 300 Å².